The number of hydrogen-bond acceptors (Lipinski definition) is 4. The van der Waals surface area contributed by atoms with E-state index in [1.807, 2.05) is 26.1 Å². The smallest absolute Gasteiger partial charge is 0.145 e. The van der Waals surface area contributed by atoms with Crippen molar-refractivity contribution in [3.63, 3.8) is 0 Å². The van der Waals surface area contributed by atoms with Gasteiger partial charge in [-0.05, 0) is 57.1 Å². The minimum Gasteiger partial charge on any atom is -0.496 e. The molecule has 1 N–H and O–H groups in total. The Bertz CT molecular complexity index is 597. The van der Waals surface area contributed by atoms with Crippen LogP contribution in [-0.2, 0) is 6.42 Å². The van der Waals surface area contributed by atoms with Crippen LogP contribution in [-0.4, -0.2) is 32.8 Å². The van der Waals surface area contributed by atoms with Crippen molar-refractivity contribution in [1.82, 2.24) is 10.3 Å². The molecule has 2 aromatic rings. The van der Waals surface area contributed by atoms with Crippen molar-refractivity contribution in [3.05, 3.63) is 29.5 Å². The number of nitrogens with one attached hydrogen (secondary N) is 1. The van der Waals surface area contributed by atoms with Gasteiger partial charge in [0, 0.05) is 11.1 Å². The maximum atomic E-state index is 5.44. The molecule has 0 aliphatic heterocycles. The summed E-state index contributed by atoms with van der Waals surface area (Å²) in [5.41, 5.74) is 3.18. The predicted molar refractivity (Wildman–Crippen MR) is 81.8 cm³/mol. The van der Waals surface area contributed by atoms with E-state index in [9.17, 15) is 0 Å². The van der Waals surface area contributed by atoms with Crippen molar-refractivity contribution in [2.24, 2.45) is 0 Å². The van der Waals surface area contributed by atoms with Crippen molar-refractivity contribution in [2.45, 2.75) is 19.8 Å². The molecule has 0 bridgehead atoms. The van der Waals surface area contributed by atoms with Gasteiger partial charge in [0.1, 0.15) is 17.0 Å². The molecule has 0 aliphatic carbocycles. The number of aryl methyl sites for hydroxylation is 2. The molecule has 0 saturated heterocycles. The van der Waals surface area contributed by atoms with Gasteiger partial charge in [0.15, 0.2) is 0 Å². The van der Waals surface area contributed by atoms with Gasteiger partial charge in [0.25, 0.3) is 0 Å². The van der Waals surface area contributed by atoms with Crippen molar-refractivity contribution in [1.29, 1.82) is 0 Å². The zero-order chi connectivity index (χ0) is 14.5. The third-order valence-corrected chi connectivity index (χ3v) is 3.52. The zero-order valence-electron chi connectivity index (χ0n) is 12.6. The van der Waals surface area contributed by atoms with Crippen LogP contribution in [0.25, 0.3) is 10.9 Å². The zero-order valence-corrected chi connectivity index (χ0v) is 12.6. The minimum absolute atomic E-state index is 0.783. The van der Waals surface area contributed by atoms with Gasteiger partial charge in [-0.1, -0.05) is 0 Å². The fourth-order valence-electron chi connectivity index (χ4n) is 2.39. The van der Waals surface area contributed by atoms with Gasteiger partial charge >= 0.3 is 0 Å². The summed E-state index contributed by atoms with van der Waals surface area (Å²) in [4.78, 5) is 4.71. The average Bonchev–Trinajstić information content (AvgIpc) is 2.47. The molecule has 0 unspecified atom stereocenters. The molecule has 108 valence electrons. The van der Waals surface area contributed by atoms with Crippen LogP contribution in [0.2, 0.25) is 0 Å². The van der Waals surface area contributed by atoms with Gasteiger partial charge in [-0.2, -0.15) is 0 Å². The lowest BCUT2D eigenvalue weighted by Gasteiger charge is -2.12. The van der Waals surface area contributed by atoms with Crippen LogP contribution >= 0.6 is 0 Å². The third kappa shape index (κ3) is 2.85. The highest BCUT2D eigenvalue weighted by atomic mass is 16.5. The first-order chi connectivity index (χ1) is 9.71. The second-order valence-corrected chi connectivity index (χ2v) is 4.81. The summed E-state index contributed by atoms with van der Waals surface area (Å²) in [6, 6.07) is 6.00. The van der Waals surface area contributed by atoms with E-state index in [0.29, 0.717) is 0 Å². The van der Waals surface area contributed by atoms with Crippen LogP contribution in [0.1, 0.15) is 17.7 Å². The Hall–Kier alpha value is -1.81. The Morgan fingerprint density at radius 2 is 1.85 bits per heavy atom. The highest BCUT2D eigenvalue weighted by Gasteiger charge is 2.11. The summed E-state index contributed by atoms with van der Waals surface area (Å²) >= 11 is 0. The Morgan fingerprint density at radius 1 is 1.15 bits per heavy atom. The van der Waals surface area contributed by atoms with E-state index in [1.165, 1.54) is 5.56 Å². The van der Waals surface area contributed by atoms with Crippen LogP contribution in [0.15, 0.2) is 18.2 Å². The molecule has 4 heteroatoms. The molecule has 4 nitrogen and oxygen atoms in total. The Kier molecular flexibility index (Phi) is 4.79. The molecule has 1 aromatic heterocycles. The highest BCUT2D eigenvalue weighted by molar-refractivity contribution is 5.90. The number of aromatic nitrogens is 1. The fourth-order valence-corrected chi connectivity index (χ4v) is 2.39. The standard InChI is InChI=1S/C16H22N2O2/c1-11-12(6-5-9-17-2)10-13-14(19-3)7-8-15(20-4)16(13)18-11/h7-8,10,17H,5-6,9H2,1-4H3. The lowest BCUT2D eigenvalue weighted by molar-refractivity contribution is 0.409. The summed E-state index contributed by atoms with van der Waals surface area (Å²) < 4.78 is 10.8. The second-order valence-electron chi connectivity index (χ2n) is 4.81. The third-order valence-electron chi connectivity index (χ3n) is 3.52. The van der Waals surface area contributed by atoms with Gasteiger partial charge in [-0.15, -0.1) is 0 Å². The first kappa shape index (κ1) is 14.6. The molecule has 0 aliphatic rings. The molecule has 20 heavy (non-hydrogen) atoms. The van der Waals surface area contributed by atoms with E-state index in [2.05, 4.69) is 11.4 Å². The summed E-state index contributed by atoms with van der Waals surface area (Å²) in [5, 5.41) is 4.18. The van der Waals surface area contributed by atoms with Crippen molar-refractivity contribution in [3.8, 4) is 11.5 Å². The van der Waals surface area contributed by atoms with E-state index in [4.69, 9.17) is 14.5 Å². The maximum Gasteiger partial charge on any atom is 0.145 e. The van der Waals surface area contributed by atoms with Gasteiger partial charge in [-0.3, -0.25) is 0 Å². The van der Waals surface area contributed by atoms with Crippen LogP contribution in [0.4, 0.5) is 0 Å². The minimum atomic E-state index is 0.783. The Morgan fingerprint density at radius 3 is 2.50 bits per heavy atom. The molecule has 0 spiro atoms. The predicted octanol–water partition coefficient (Wildman–Crippen LogP) is 2.71. The maximum absolute atomic E-state index is 5.44. The van der Waals surface area contributed by atoms with Crippen molar-refractivity contribution < 1.29 is 9.47 Å². The van der Waals surface area contributed by atoms with E-state index < -0.39 is 0 Å². The molecule has 0 amide bonds. The SMILES string of the molecule is CNCCCc1cc2c(OC)ccc(OC)c2nc1C. The number of fused-ring (bicyclic) bond motifs is 1. The molecule has 0 atom stereocenters. The van der Waals surface area contributed by atoms with E-state index in [1.54, 1.807) is 14.2 Å². The lowest BCUT2D eigenvalue weighted by atomic mass is 10.0. The van der Waals surface area contributed by atoms with Crippen molar-refractivity contribution in [2.75, 3.05) is 27.8 Å². The van der Waals surface area contributed by atoms with Crippen LogP contribution in [0.3, 0.4) is 0 Å². The van der Waals surface area contributed by atoms with Gasteiger partial charge < -0.3 is 14.8 Å². The number of rotatable bonds is 6. The first-order valence-electron chi connectivity index (χ1n) is 6.87. The summed E-state index contributed by atoms with van der Waals surface area (Å²) in [7, 11) is 5.32. The highest BCUT2D eigenvalue weighted by Crippen LogP contribution is 2.33. The molecule has 0 fully saturated rings. The molecule has 1 aromatic carbocycles. The molecular formula is C16H22N2O2. The molecular weight excluding hydrogens is 252 g/mol. The molecule has 0 saturated carbocycles. The van der Waals surface area contributed by atoms with E-state index in [-0.39, 0.29) is 0 Å². The molecule has 2 rings (SSSR count). The van der Waals surface area contributed by atoms with Gasteiger partial charge in [-0.25, -0.2) is 4.98 Å². The summed E-state index contributed by atoms with van der Waals surface area (Å²) in [6.07, 6.45) is 2.10. The average molecular weight is 274 g/mol. The van der Waals surface area contributed by atoms with Crippen molar-refractivity contribution >= 4 is 10.9 Å². The van der Waals surface area contributed by atoms with Crippen LogP contribution < -0.4 is 14.8 Å². The van der Waals surface area contributed by atoms with Crippen LogP contribution in [0.5, 0.6) is 11.5 Å². The Balaban J connectivity index is 2.49. The lowest BCUT2D eigenvalue weighted by Crippen LogP contribution is -2.09. The number of methoxy groups -OCH3 is 2. The van der Waals surface area contributed by atoms with Gasteiger partial charge in [0.05, 0.1) is 14.2 Å². The number of pyridine rings is 1. The monoisotopic (exact) mass is 274 g/mol. The Labute approximate surface area is 120 Å². The normalized spacial score (nSPS) is 10.8. The number of benzene rings is 1. The van der Waals surface area contributed by atoms with Gasteiger partial charge in [0.2, 0.25) is 0 Å². The quantitative estimate of drug-likeness (QED) is 0.823. The number of nitrogens with zero attached hydrogens (tertiary/aromatic N) is 1. The second kappa shape index (κ2) is 6.57. The molecule has 0 radical (unpaired) electrons. The summed E-state index contributed by atoms with van der Waals surface area (Å²) in [6.45, 7) is 3.06. The fraction of sp³-hybridized carbons (Fsp3) is 0.438. The summed E-state index contributed by atoms with van der Waals surface area (Å²) in [5.74, 6) is 1.62. The topological polar surface area (TPSA) is 43.4 Å². The largest absolute Gasteiger partial charge is 0.496 e. The van der Waals surface area contributed by atoms with E-state index >= 15 is 0 Å². The number of hydrogen-bond donors (Lipinski definition) is 1. The first-order valence-corrected chi connectivity index (χ1v) is 6.87. The van der Waals surface area contributed by atoms with Crippen LogP contribution in [0, 0.1) is 6.92 Å². The number of ether oxygens (including phenoxy) is 2. The molecule has 1 heterocycles. The van der Waals surface area contributed by atoms with E-state index in [0.717, 1.165) is 47.5 Å².